The highest BCUT2D eigenvalue weighted by Crippen LogP contribution is 2.42. The Morgan fingerprint density at radius 3 is 2.67 bits per heavy atom. The van der Waals surface area contributed by atoms with Crippen molar-refractivity contribution in [3.05, 3.63) is 70.3 Å². The fourth-order valence-electron chi connectivity index (χ4n) is 4.40. The van der Waals surface area contributed by atoms with Gasteiger partial charge >= 0.3 is 0 Å². The largest absolute Gasteiger partial charge is 0.302 e. The molecule has 1 heterocycles. The van der Waals surface area contributed by atoms with E-state index in [2.05, 4.69) is 61.3 Å². The highest BCUT2D eigenvalue weighted by molar-refractivity contribution is 5.48. The molecule has 4 rings (SSSR count). The summed E-state index contributed by atoms with van der Waals surface area (Å²) in [7, 11) is 2.31. The molecule has 1 heteroatoms. The molecule has 1 aliphatic carbocycles. The predicted molar refractivity (Wildman–Crippen MR) is 87.9 cm³/mol. The normalized spacial score (nSPS) is 24.7. The van der Waals surface area contributed by atoms with E-state index in [1.54, 1.807) is 22.3 Å². The zero-order chi connectivity index (χ0) is 14.4. The first-order valence-corrected chi connectivity index (χ1v) is 8.12. The molecular weight excluding hydrogens is 254 g/mol. The maximum Gasteiger partial charge on any atom is 0.0251 e. The van der Waals surface area contributed by atoms with E-state index in [0.29, 0.717) is 12.0 Å². The van der Waals surface area contributed by atoms with Crippen molar-refractivity contribution in [2.45, 2.75) is 38.1 Å². The highest BCUT2D eigenvalue weighted by atomic mass is 15.1. The third kappa shape index (κ3) is 2.03. The quantitative estimate of drug-likeness (QED) is 0.705. The maximum atomic E-state index is 2.60. The lowest BCUT2D eigenvalue weighted by molar-refractivity contribution is 0.214. The number of nitrogens with zero attached hydrogens (tertiary/aromatic N) is 1. The van der Waals surface area contributed by atoms with Gasteiger partial charge in [0.2, 0.25) is 0 Å². The summed E-state index contributed by atoms with van der Waals surface area (Å²) in [5.74, 6) is 0.553. The number of aryl methyl sites for hydroxylation is 2. The van der Waals surface area contributed by atoms with E-state index >= 15 is 0 Å². The van der Waals surface area contributed by atoms with E-state index in [9.17, 15) is 0 Å². The third-order valence-corrected chi connectivity index (χ3v) is 5.55. The monoisotopic (exact) mass is 277 g/mol. The van der Waals surface area contributed by atoms with Crippen LogP contribution in [0, 0.1) is 6.92 Å². The molecule has 2 aromatic rings. The van der Waals surface area contributed by atoms with E-state index < -0.39 is 0 Å². The Bertz CT molecular complexity index is 673. The SMILES string of the molecule is Cc1cccc2c1CCN(C)C1CCc3ccccc3C21. The Balaban J connectivity index is 1.95. The maximum absolute atomic E-state index is 2.60. The van der Waals surface area contributed by atoms with Gasteiger partial charge in [-0.15, -0.1) is 0 Å². The molecule has 2 aliphatic rings. The molecule has 0 bridgehead atoms. The van der Waals surface area contributed by atoms with Crippen LogP contribution in [-0.4, -0.2) is 24.5 Å². The zero-order valence-electron chi connectivity index (χ0n) is 13.0. The third-order valence-electron chi connectivity index (χ3n) is 5.55. The Labute approximate surface area is 127 Å². The summed E-state index contributed by atoms with van der Waals surface area (Å²) < 4.78 is 0. The standard InChI is InChI=1S/C20H23N/c1-14-6-5-9-18-16(14)12-13-21(2)19-11-10-15-7-3-4-8-17(15)20(18)19/h3-9,19-20H,10-13H2,1-2H3. The first-order valence-electron chi connectivity index (χ1n) is 8.12. The topological polar surface area (TPSA) is 3.24 Å². The molecule has 1 aliphatic heterocycles. The second-order valence-corrected chi connectivity index (χ2v) is 6.66. The average Bonchev–Trinajstić information content (AvgIpc) is 2.66. The minimum atomic E-state index is 0.553. The summed E-state index contributed by atoms with van der Waals surface area (Å²) in [6, 6.07) is 16.6. The molecule has 2 unspecified atom stereocenters. The Kier molecular flexibility index (Phi) is 3.11. The van der Waals surface area contributed by atoms with Gasteiger partial charge in [0.25, 0.3) is 0 Å². The van der Waals surface area contributed by atoms with Crippen molar-refractivity contribution < 1.29 is 0 Å². The molecule has 0 saturated carbocycles. The Morgan fingerprint density at radius 1 is 0.952 bits per heavy atom. The lowest BCUT2D eigenvalue weighted by Crippen LogP contribution is -2.39. The van der Waals surface area contributed by atoms with E-state index in [-0.39, 0.29) is 0 Å². The van der Waals surface area contributed by atoms with Crippen LogP contribution in [0.5, 0.6) is 0 Å². The van der Waals surface area contributed by atoms with Crippen molar-refractivity contribution in [3.8, 4) is 0 Å². The summed E-state index contributed by atoms with van der Waals surface area (Å²) >= 11 is 0. The predicted octanol–water partition coefficient (Wildman–Crippen LogP) is 3.93. The minimum Gasteiger partial charge on any atom is -0.302 e. The second-order valence-electron chi connectivity index (χ2n) is 6.66. The first kappa shape index (κ1) is 13.1. The van der Waals surface area contributed by atoms with Gasteiger partial charge in [-0.3, -0.25) is 0 Å². The Hall–Kier alpha value is -1.60. The molecule has 0 saturated heterocycles. The summed E-state index contributed by atoms with van der Waals surface area (Å²) in [5, 5.41) is 0. The molecule has 0 radical (unpaired) electrons. The van der Waals surface area contributed by atoms with Crippen molar-refractivity contribution in [2.24, 2.45) is 0 Å². The first-order chi connectivity index (χ1) is 10.3. The van der Waals surface area contributed by atoms with Crippen molar-refractivity contribution in [3.63, 3.8) is 0 Å². The molecule has 2 atom stereocenters. The van der Waals surface area contributed by atoms with Gasteiger partial charge in [-0.05, 0) is 61.1 Å². The van der Waals surface area contributed by atoms with Crippen LogP contribution < -0.4 is 0 Å². The number of fused-ring (bicyclic) bond motifs is 5. The molecule has 0 fully saturated rings. The van der Waals surface area contributed by atoms with Gasteiger partial charge in [0, 0.05) is 18.5 Å². The van der Waals surface area contributed by atoms with Crippen molar-refractivity contribution >= 4 is 0 Å². The van der Waals surface area contributed by atoms with E-state index in [1.807, 2.05) is 0 Å². The van der Waals surface area contributed by atoms with Gasteiger partial charge in [-0.2, -0.15) is 0 Å². The minimum absolute atomic E-state index is 0.553. The molecule has 108 valence electrons. The lowest BCUT2D eigenvalue weighted by Gasteiger charge is -2.38. The van der Waals surface area contributed by atoms with Crippen LogP contribution in [0.15, 0.2) is 42.5 Å². The van der Waals surface area contributed by atoms with E-state index in [1.165, 1.54) is 31.4 Å². The molecular formula is C20H23N. The Morgan fingerprint density at radius 2 is 1.76 bits per heavy atom. The lowest BCUT2D eigenvalue weighted by atomic mass is 9.74. The highest BCUT2D eigenvalue weighted by Gasteiger charge is 2.36. The molecule has 0 aromatic heterocycles. The smallest absolute Gasteiger partial charge is 0.0251 e. The van der Waals surface area contributed by atoms with Gasteiger partial charge < -0.3 is 4.90 Å². The van der Waals surface area contributed by atoms with Crippen LogP contribution in [0.3, 0.4) is 0 Å². The van der Waals surface area contributed by atoms with Crippen LogP contribution in [0.25, 0.3) is 0 Å². The average molecular weight is 277 g/mol. The summed E-state index contributed by atoms with van der Waals surface area (Å²) in [6.07, 6.45) is 3.70. The molecule has 0 N–H and O–H groups in total. The molecule has 21 heavy (non-hydrogen) atoms. The van der Waals surface area contributed by atoms with Gasteiger partial charge in [-0.1, -0.05) is 42.5 Å². The zero-order valence-corrected chi connectivity index (χ0v) is 13.0. The fourth-order valence-corrected chi connectivity index (χ4v) is 4.40. The van der Waals surface area contributed by atoms with E-state index in [0.717, 1.165) is 0 Å². The summed E-state index contributed by atoms with van der Waals surface area (Å²) in [4.78, 5) is 2.60. The van der Waals surface area contributed by atoms with Crippen LogP contribution in [0.1, 0.15) is 40.2 Å². The second kappa shape index (κ2) is 4.99. The van der Waals surface area contributed by atoms with Crippen molar-refractivity contribution in [1.29, 1.82) is 0 Å². The number of benzene rings is 2. The van der Waals surface area contributed by atoms with Crippen LogP contribution >= 0.6 is 0 Å². The van der Waals surface area contributed by atoms with E-state index in [4.69, 9.17) is 0 Å². The van der Waals surface area contributed by atoms with Gasteiger partial charge in [0.1, 0.15) is 0 Å². The fraction of sp³-hybridized carbons (Fsp3) is 0.400. The number of rotatable bonds is 0. The van der Waals surface area contributed by atoms with Crippen molar-refractivity contribution in [1.82, 2.24) is 4.90 Å². The summed E-state index contributed by atoms with van der Waals surface area (Å²) in [5.41, 5.74) is 7.76. The molecule has 0 amide bonds. The van der Waals surface area contributed by atoms with Crippen LogP contribution in [0.2, 0.25) is 0 Å². The number of hydrogen-bond acceptors (Lipinski definition) is 1. The van der Waals surface area contributed by atoms with Crippen molar-refractivity contribution in [2.75, 3.05) is 13.6 Å². The van der Waals surface area contributed by atoms with Gasteiger partial charge in [0.15, 0.2) is 0 Å². The molecule has 2 aromatic carbocycles. The summed E-state index contributed by atoms with van der Waals surface area (Å²) in [6.45, 7) is 3.45. The number of likely N-dealkylation sites (N-methyl/N-ethyl adjacent to an activating group) is 1. The van der Waals surface area contributed by atoms with Crippen LogP contribution in [0.4, 0.5) is 0 Å². The van der Waals surface area contributed by atoms with Gasteiger partial charge in [0.05, 0.1) is 0 Å². The molecule has 1 nitrogen and oxygen atoms in total. The van der Waals surface area contributed by atoms with Gasteiger partial charge in [-0.25, -0.2) is 0 Å². The molecule has 0 spiro atoms. The van der Waals surface area contributed by atoms with Crippen LogP contribution in [-0.2, 0) is 12.8 Å². The number of hydrogen-bond donors (Lipinski definition) is 0.